The van der Waals surface area contributed by atoms with Gasteiger partial charge >= 0.3 is 7.60 Å². The van der Waals surface area contributed by atoms with E-state index >= 15 is 0 Å². The monoisotopic (exact) mass is 414 g/mol. The third-order valence-electron chi connectivity index (χ3n) is 5.29. The van der Waals surface area contributed by atoms with Gasteiger partial charge in [-0.3, -0.25) is 13.9 Å². The molecule has 4 rings (SSSR count). The van der Waals surface area contributed by atoms with Gasteiger partial charge in [-0.15, -0.1) is 0 Å². The number of aromatic nitrogens is 3. The van der Waals surface area contributed by atoms with Crippen molar-refractivity contribution in [3.05, 3.63) is 58.0 Å². The van der Waals surface area contributed by atoms with E-state index in [0.717, 1.165) is 36.6 Å². The van der Waals surface area contributed by atoms with Gasteiger partial charge in [0.2, 0.25) is 5.95 Å². The number of aryl methyl sites for hydroxylation is 1. The Kier molecular flexibility index (Phi) is 5.25. The first kappa shape index (κ1) is 19.8. The van der Waals surface area contributed by atoms with Gasteiger partial charge in [-0.1, -0.05) is 25.0 Å². The highest BCUT2D eigenvalue weighted by Gasteiger charge is 2.21. The fraction of sp³-hybridized carbons (Fsp3) is 0.350. The van der Waals surface area contributed by atoms with E-state index < -0.39 is 7.60 Å². The molecule has 1 aromatic carbocycles. The predicted molar refractivity (Wildman–Crippen MR) is 112 cm³/mol. The first-order valence-corrected chi connectivity index (χ1v) is 11.4. The second-order valence-corrected chi connectivity index (χ2v) is 9.20. The van der Waals surface area contributed by atoms with Gasteiger partial charge in [-0.25, -0.2) is 4.98 Å². The zero-order valence-corrected chi connectivity index (χ0v) is 17.0. The number of rotatable bonds is 5. The van der Waals surface area contributed by atoms with Crippen LogP contribution in [0, 0.1) is 6.92 Å². The molecule has 1 saturated carbocycles. The Morgan fingerprint density at radius 3 is 2.55 bits per heavy atom. The number of fused-ring (bicyclic) bond motifs is 1. The lowest BCUT2D eigenvalue weighted by atomic mass is 10.1. The molecule has 0 radical (unpaired) electrons. The maximum absolute atomic E-state index is 12.7. The molecule has 0 bridgehead atoms. The lowest BCUT2D eigenvalue weighted by Crippen LogP contribution is -2.24. The Labute approximate surface area is 167 Å². The molecule has 0 saturated heterocycles. The van der Waals surface area contributed by atoms with Crippen molar-refractivity contribution in [3.63, 3.8) is 0 Å². The van der Waals surface area contributed by atoms with E-state index in [4.69, 9.17) is 9.79 Å². The molecule has 0 unspecified atom stereocenters. The molecule has 29 heavy (non-hydrogen) atoms. The molecular weight excluding hydrogens is 391 g/mol. The first-order chi connectivity index (χ1) is 13.8. The van der Waals surface area contributed by atoms with Gasteiger partial charge in [0.1, 0.15) is 5.65 Å². The minimum atomic E-state index is -4.10. The van der Waals surface area contributed by atoms with Crippen LogP contribution >= 0.6 is 7.60 Å². The standard InChI is InChI=1S/C20H23N4O4P/c1-13-10-18(25)24(16-4-2-3-5-16)19-17(13)11-21-20(23-19)22-15-8-6-14(7-9-15)12-29(26,27)28/h6-11,16H,2-5,12H2,1H3,(H,21,22,23)(H2,26,27,28). The fourth-order valence-electron chi connectivity index (χ4n) is 3.91. The van der Waals surface area contributed by atoms with Crippen LogP contribution in [0.15, 0.2) is 41.3 Å². The van der Waals surface area contributed by atoms with Crippen molar-refractivity contribution in [1.29, 1.82) is 0 Å². The summed E-state index contributed by atoms with van der Waals surface area (Å²) >= 11 is 0. The number of anilines is 2. The molecule has 2 aromatic heterocycles. The highest BCUT2D eigenvalue weighted by molar-refractivity contribution is 7.50. The van der Waals surface area contributed by atoms with Gasteiger partial charge in [-0.05, 0) is 43.0 Å². The van der Waals surface area contributed by atoms with Gasteiger partial charge in [0.25, 0.3) is 5.56 Å². The summed E-state index contributed by atoms with van der Waals surface area (Å²) in [5.74, 6) is 0.372. The zero-order valence-electron chi connectivity index (χ0n) is 16.1. The summed E-state index contributed by atoms with van der Waals surface area (Å²) in [6.45, 7) is 1.89. The summed E-state index contributed by atoms with van der Waals surface area (Å²) in [4.78, 5) is 39.9. The molecule has 0 spiro atoms. The van der Waals surface area contributed by atoms with E-state index in [1.165, 1.54) is 0 Å². The molecule has 0 aliphatic heterocycles. The summed E-state index contributed by atoms with van der Waals surface area (Å²) in [5.41, 5.74) is 2.70. The Morgan fingerprint density at radius 2 is 1.90 bits per heavy atom. The highest BCUT2D eigenvalue weighted by Crippen LogP contribution is 2.39. The van der Waals surface area contributed by atoms with E-state index in [9.17, 15) is 9.36 Å². The van der Waals surface area contributed by atoms with Crippen molar-refractivity contribution in [2.45, 2.75) is 44.8 Å². The molecule has 0 atom stereocenters. The molecular formula is C20H23N4O4P. The zero-order chi connectivity index (χ0) is 20.6. The number of hydrogen-bond donors (Lipinski definition) is 3. The summed E-state index contributed by atoms with van der Waals surface area (Å²) in [5, 5.41) is 3.97. The van der Waals surface area contributed by atoms with Crippen LogP contribution in [-0.4, -0.2) is 24.3 Å². The van der Waals surface area contributed by atoms with Crippen molar-refractivity contribution >= 4 is 30.3 Å². The summed E-state index contributed by atoms with van der Waals surface area (Å²) in [6.07, 6.45) is 5.62. The van der Waals surface area contributed by atoms with Crippen molar-refractivity contribution in [3.8, 4) is 0 Å². The second-order valence-electron chi connectivity index (χ2n) is 7.55. The van der Waals surface area contributed by atoms with Crippen LogP contribution in [0.3, 0.4) is 0 Å². The van der Waals surface area contributed by atoms with Crippen molar-refractivity contribution in [1.82, 2.24) is 14.5 Å². The Hall–Kier alpha value is -2.54. The van der Waals surface area contributed by atoms with Crippen molar-refractivity contribution in [2.24, 2.45) is 0 Å². The number of pyridine rings is 1. The van der Waals surface area contributed by atoms with Crippen LogP contribution in [0.1, 0.15) is 42.9 Å². The number of hydrogen-bond acceptors (Lipinski definition) is 5. The largest absolute Gasteiger partial charge is 0.329 e. The van der Waals surface area contributed by atoms with Crippen LogP contribution in [0.5, 0.6) is 0 Å². The highest BCUT2D eigenvalue weighted by atomic mass is 31.2. The topological polar surface area (TPSA) is 117 Å². The molecule has 1 aliphatic carbocycles. The van der Waals surface area contributed by atoms with Gasteiger partial charge < -0.3 is 15.1 Å². The third kappa shape index (κ3) is 4.40. The van der Waals surface area contributed by atoms with Gasteiger partial charge in [0.15, 0.2) is 0 Å². The first-order valence-electron chi connectivity index (χ1n) is 9.59. The quantitative estimate of drug-likeness (QED) is 0.546. The average molecular weight is 414 g/mol. The van der Waals surface area contributed by atoms with E-state index in [0.29, 0.717) is 22.8 Å². The van der Waals surface area contributed by atoms with Crippen LogP contribution in [0.4, 0.5) is 11.6 Å². The third-order valence-corrected chi connectivity index (χ3v) is 6.06. The van der Waals surface area contributed by atoms with Crippen LogP contribution in [0.2, 0.25) is 0 Å². The lowest BCUT2D eigenvalue weighted by molar-refractivity contribution is 0.371. The van der Waals surface area contributed by atoms with E-state index in [-0.39, 0.29) is 17.8 Å². The lowest BCUT2D eigenvalue weighted by Gasteiger charge is -2.17. The Morgan fingerprint density at radius 1 is 1.21 bits per heavy atom. The van der Waals surface area contributed by atoms with E-state index in [1.807, 2.05) is 6.92 Å². The minimum Gasteiger partial charge on any atom is -0.324 e. The smallest absolute Gasteiger partial charge is 0.324 e. The maximum Gasteiger partial charge on any atom is 0.329 e. The van der Waals surface area contributed by atoms with Crippen LogP contribution in [-0.2, 0) is 10.7 Å². The molecule has 8 nitrogen and oxygen atoms in total. The number of nitrogens with zero attached hydrogens (tertiary/aromatic N) is 3. The minimum absolute atomic E-state index is 0.0339. The SMILES string of the molecule is Cc1cc(=O)n(C2CCCC2)c2nc(Nc3ccc(CP(=O)(O)O)cc3)ncc12. The van der Waals surface area contributed by atoms with Crippen molar-refractivity contribution in [2.75, 3.05) is 5.32 Å². The molecule has 2 heterocycles. The van der Waals surface area contributed by atoms with Crippen molar-refractivity contribution < 1.29 is 14.4 Å². The summed E-state index contributed by atoms with van der Waals surface area (Å²) in [6, 6.07) is 8.57. The van der Waals surface area contributed by atoms with Crippen LogP contribution in [0.25, 0.3) is 11.0 Å². The Bertz CT molecular complexity index is 1150. The van der Waals surface area contributed by atoms with Gasteiger partial charge in [0, 0.05) is 29.4 Å². The van der Waals surface area contributed by atoms with Gasteiger partial charge in [-0.2, -0.15) is 4.98 Å². The van der Waals surface area contributed by atoms with E-state index in [2.05, 4.69) is 15.3 Å². The molecule has 3 aromatic rings. The van der Waals surface area contributed by atoms with Gasteiger partial charge in [0.05, 0.1) is 6.16 Å². The number of nitrogens with one attached hydrogen (secondary N) is 1. The average Bonchev–Trinajstić information content (AvgIpc) is 3.16. The molecule has 0 amide bonds. The molecule has 1 fully saturated rings. The summed E-state index contributed by atoms with van der Waals surface area (Å²) in [7, 11) is -4.10. The molecule has 9 heteroatoms. The Balaban J connectivity index is 1.67. The molecule has 1 aliphatic rings. The second kappa shape index (κ2) is 7.71. The summed E-state index contributed by atoms with van der Waals surface area (Å²) < 4.78 is 12.9. The van der Waals surface area contributed by atoms with Crippen LogP contribution < -0.4 is 10.9 Å². The fourth-order valence-corrected chi connectivity index (χ4v) is 4.59. The van der Waals surface area contributed by atoms with E-state index in [1.54, 1.807) is 41.1 Å². The number of benzene rings is 1. The molecule has 152 valence electrons. The normalized spacial score (nSPS) is 15.1. The molecule has 3 N–H and O–H groups in total. The predicted octanol–water partition coefficient (Wildman–Crippen LogP) is 3.64. The maximum atomic E-state index is 12.7.